The van der Waals surface area contributed by atoms with Gasteiger partial charge in [0.25, 0.3) is 5.91 Å². The van der Waals surface area contributed by atoms with Crippen LogP contribution in [0.4, 0.5) is 13.2 Å². The van der Waals surface area contributed by atoms with Gasteiger partial charge < -0.3 is 10.2 Å². The van der Waals surface area contributed by atoms with Crippen LogP contribution < -0.4 is 5.32 Å². The number of likely N-dealkylation sites (N-methyl/N-ethyl adjacent to an activating group) is 1. The van der Waals surface area contributed by atoms with E-state index in [0.717, 1.165) is 23.8 Å². The maximum Gasteiger partial charge on any atom is 0.433 e. The predicted octanol–water partition coefficient (Wildman–Crippen LogP) is 1.36. The molecule has 1 aliphatic heterocycles. The van der Waals surface area contributed by atoms with Gasteiger partial charge in [0.05, 0.1) is 11.8 Å². The Labute approximate surface area is 114 Å². The molecule has 1 fully saturated rings. The number of carbonyl (C=O) groups is 1. The number of aromatic nitrogens is 2. The average Bonchev–Trinajstić information content (AvgIpc) is 3.04. The van der Waals surface area contributed by atoms with Crippen molar-refractivity contribution in [1.29, 1.82) is 0 Å². The van der Waals surface area contributed by atoms with Crippen LogP contribution in [0.2, 0.25) is 0 Å². The van der Waals surface area contributed by atoms with Crippen molar-refractivity contribution >= 4 is 5.91 Å². The fourth-order valence-corrected chi connectivity index (χ4v) is 2.41. The number of amides is 1. The largest absolute Gasteiger partial charge is 0.433 e. The van der Waals surface area contributed by atoms with E-state index in [1.54, 1.807) is 6.92 Å². The molecular formula is C12H17F3N4O. The number of nitrogens with one attached hydrogen (secondary N) is 1. The third kappa shape index (κ3) is 2.65. The zero-order chi connectivity index (χ0) is 14.9. The number of aryl methyl sites for hydroxylation is 1. The normalized spacial score (nSPS) is 19.4. The van der Waals surface area contributed by atoms with E-state index >= 15 is 0 Å². The second kappa shape index (κ2) is 5.43. The third-order valence-corrected chi connectivity index (χ3v) is 3.54. The molecule has 1 aliphatic rings. The Morgan fingerprint density at radius 3 is 2.80 bits per heavy atom. The fraction of sp³-hybridized carbons (Fsp3) is 0.667. The van der Waals surface area contributed by atoms with Crippen molar-refractivity contribution in [3.63, 3.8) is 0 Å². The lowest BCUT2D eigenvalue weighted by atomic mass is 10.1. The molecule has 0 unspecified atom stereocenters. The minimum Gasteiger partial charge on any atom is -0.337 e. The van der Waals surface area contributed by atoms with Crippen molar-refractivity contribution in [1.82, 2.24) is 20.0 Å². The fourth-order valence-electron chi connectivity index (χ4n) is 2.41. The molecule has 0 aromatic carbocycles. The lowest BCUT2D eigenvalue weighted by Crippen LogP contribution is -2.39. The van der Waals surface area contributed by atoms with Gasteiger partial charge in [0.2, 0.25) is 0 Å². The van der Waals surface area contributed by atoms with Crippen molar-refractivity contribution in [3.8, 4) is 0 Å². The number of alkyl halides is 3. The van der Waals surface area contributed by atoms with Crippen LogP contribution in [0, 0.1) is 0 Å². The Balaban J connectivity index is 2.32. The first-order valence-corrected chi connectivity index (χ1v) is 6.47. The van der Waals surface area contributed by atoms with Crippen LogP contribution in [-0.4, -0.2) is 46.8 Å². The molecule has 1 aromatic heterocycles. The van der Waals surface area contributed by atoms with Gasteiger partial charge in [0.15, 0.2) is 5.69 Å². The van der Waals surface area contributed by atoms with E-state index in [-0.39, 0.29) is 18.2 Å². The number of rotatable bonds is 3. The first-order valence-electron chi connectivity index (χ1n) is 6.47. The molecule has 0 aliphatic carbocycles. The minimum absolute atomic E-state index is 0.0663. The van der Waals surface area contributed by atoms with Crippen molar-refractivity contribution in [2.75, 3.05) is 20.1 Å². The zero-order valence-corrected chi connectivity index (χ0v) is 11.4. The molecule has 1 atom stereocenters. The Kier molecular flexibility index (Phi) is 4.03. The van der Waals surface area contributed by atoms with Gasteiger partial charge in [-0.2, -0.15) is 18.3 Å². The Bertz CT molecular complexity index is 491. The molecule has 0 spiro atoms. The van der Waals surface area contributed by atoms with Crippen molar-refractivity contribution in [3.05, 3.63) is 17.5 Å². The molecule has 20 heavy (non-hydrogen) atoms. The highest BCUT2D eigenvalue weighted by Crippen LogP contribution is 2.32. The van der Waals surface area contributed by atoms with Crippen LogP contribution in [0.3, 0.4) is 0 Å². The van der Waals surface area contributed by atoms with Gasteiger partial charge in [0.1, 0.15) is 0 Å². The van der Waals surface area contributed by atoms with Crippen LogP contribution in [0.1, 0.15) is 29.4 Å². The second-order valence-electron chi connectivity index (χ2n) is 4.78. The Hall–Kier alpha value is -1.57. The summed E-state index contributed by atoms with van der Waals surface area (Å²) in [5.41, 5.74) is -1.35. The van der Waals surface area contributed by atoms with E-state index in [2.05, 4.69) is 10.4 Å². The van der Waals surface area contributed by atoms with Gasteiger partial charge in [-0.1, -0.05) is 0 Å². The summed E-state index contributed by atoms with van der Waals surface area (Å²) in [6.07, 6.45) is -2.84. The lowest BCUT2D eigenvalue weighted by Gasteiger charge is -2.24. The zero-order valence-electron chi connectivity index (χ0n) is 11.4. The quantitative estimate of drug-likeness (QED) is 0.914. The number of hydrogen-bond donors (Lipinski definition) is 1. The summed E-state index contributed by atoms with van der Waals surface area (Å²) in [6, 6.07) is -0.0754. The molecule has 8 heteroatoms. The van der Waals surface area contributed by atoms with Crippen LogP contribution >= 0.6 is 0 Å². The maximum atomic E-state index is 13.1. The highest BCUT2D eigenvalue weighted by molar-refractivity contribution is 5.95. The summed E-state index contributed by atoms with van der Waals surface area (Å²) in [7, 11) is 1.53. The molecule has 1 N–H and O–H groups in total. The summed E-state index contributed by atoms with van der Waals surface area (Å²) in [5, 5.41) is 6.75. The number of carbonyl (C=O) groups excluding carboxylic acids is 1. The van der Waals surface area contributed by atoms with Gasteiger partial charge >= 0.3 is 6.18 Å². The van der Waals surface area contributed by atoms with E-state index in [0.29, 0.717) is 6.54 Å². The molecule has 1 aromatic rings. The van der Waals surface area contributed by atoms with Crippen LogP contribution in [-0.2, 0) is 12.7 Å². The van der Waals surface area contributed by atoms with Gasteiger partial charge in [0, 0.05) is 26.2 Å². The van der Waals surface area contributed by atoms with E-state index in [9.17, 15) is 18.0 Å². The van der Waals surface area contributed by atoms with Gasteiger partial charge in [-0.3, -0.25) is 9.48 Å². The average molecular weight is 290 g/mol. The molecule has 1 amide bonds. The number of nitrogens with zero attached hydrogens (tertiary/aromatic N) is 3. The molecular weight excluding hydrogens is 273 g/mol. The molecule has 2 rings (SSSR count). The molecule has 112 valence electrons. The molecule has 1 saturated heterocycles. The van der Waals surface area contributed by atoms with E-state index < -0.39 is 17.8 Å². The minimum atomic E-state index is -4.59. The Morgan fingerprint density at radius 1 is 1.60 bits per heavy atom. The van der Waals surface area contributed by atoms with Crippen LogP contribution in [0.25, 0.3) is 0 Å². The molecule has 0 radical (unpaired) electrons. The highest BCUT2D eigenvalue weighted by atomic mass is 19.4. The summed E-state index contributed by atoms with van der Waals surface area (Å²) in [4.78, 5) is 13.6. The standard InChI is InChI=1S/C12H17F3N4O/c1-3-19-10(12(13,14)15)9(7-17-19)11(20)18(2)8-4-5-16-6-8/h7-8,16H,3-6H2,1-2H3/t8-/m0/s1. The van der Waals surface area contributed by atoms with Gasteiger partial charge in [-0.15, -0.1) is 0 Å². The van der Waals surface area contributed by atoms with Crippen molar-refractivity contribution in [2.24, 2.45) is 0 Å². The molecule has 5 nitrogen and oxygen atoms in total. The lowest BCUT2D eigenvalue weighted by molar-refractivity contribution is -0.144. The van der Waals surface area contributed by atoms with Crippen LogP contribution in [0.5, 0.6) is 0 Å². The second-order valence-corrected chi connectivity index (χ2v) is 4.78. The van der Waals surface area contributed by atoms with Crippen molar-refractivity contribution < 1.29 is 18.0 Å². The smallest absolute Gasteiger partial charge is 0.337 e. The highest BCUT2D eigenvalue weighted by Gasteiger charge is 2.41. The first kappa shape index (κ1) is 14.8. The summed E-state index contributed by atoms with van der Waals surface area (Å²) in [6.45, 7) is 2.99. The van der Waals surface area contributed by atoms with E-state index in [1.165, 1.54) is 11.9 Å². The summed E-state index contributed by atoms with van der Waals surface area (Å²) in [5.74, 6) is -0.634. The topological polar surface area (TPSA) is 50.2 Å². The van der Waals surface area contributed by atoms with Gasteiger partial charge in [-0.25, -0.2) is 0 Å². The number of hydrogen-bond acceptors (Lipinski definition) is 3. The molecule has 0 saturated carbocycles. The summed E-state index contributed by atoms with van der Waals surface area (Å²) >= 11 is 0. The van der Waals surface area contributed by atoms with E-state index in [4.69, 9.17) is 0 Å². The monoisotopic (exact) mass is 290 g/mol. The first-order chi connectivity index (χ1) is 9.36. The Morgan fingerprint density at radius 2 is 2.30 bits per heavy atom. The predicted molar refractivity (Wildman–Crippen MR) is 66.3 cm³/mol. The third-order valence-electron chi connectivity index (χ3n) is 3.54. The van der Waals surface area contributed by atoms with Crippen LogP contribution in [0.15, 0.2) is 6.20 Å². The molecule has 2 heterocycles. The SMILES string of the molecule is CCn1ncc(C(=O)N(C)[C@H]2CCNC2)c1C(F)(F)F. The van der Waals surface area contributed by atoms with Crippen molar-refractivity contribution in [2.45, 2.75) is 32.1 Å². The van der Waals surface area contributed by atoms with E-state index in [1.807, 2.05) is 0 Å². The van der Waals surface area contributed by atoms with Gasteiger partial charge in [-0.05, 0) is 19.9 Å². The number of halogens is 3. The summed E-state index contributed by atoms with van der Waals surface area (Å²) < 4.78 is 40.1. The maximum absolute atomic E-state index is 13.1. The molecule has 0 bridgehead atoms.